The zero-order chi connectivity index (χ0) is 12.0. The van der Waals surface area contributed by atoms with Crippen molar-refractivity contribution in [2.45, 2.75) is 18.9 Å². The van der Waals surface area contributed by atoms with Crippen LogP contribution < -0.4 is 5.73 Å². The molecule has 0 saturated heterocycles. The highest BCUT2D eigenvalue weighted by Crippen LogP contribution is 2.16. The third kappa shape index (κ3) is 3.21. The fourth-order valence-electron chi connectivity index (χ4n) is 1.45. The summed E-state index contributed by atoms with van der Waals surface area (Å²) in [5.74, 6) is -0.328. The van der Waals surface area contributed by atoms with Crippen LogP contribution in [0.25, 0.3) is 0 Å². The fraction of sp³-hybridized carbons (Fsp3) is 0.308. The van der Waals surface area contributed by atoms with Crippen molar-refractivity contribution in [1.82, 2.24) is 0 Å². The first-order valence-corrected chi connectivity index (χ1v) is 5.23. The molecule has 3 nitrogen and oxygen atoms in total. The van der Waals surface area contributed by atoms with Crippen molar-refractivity contribution in [3.8, 4) is 0 Å². The predicted octanol–water partition coefficient (Wildman–Crippen LogP) is 2.44. The molecule has 0 saturated carbocycles. The van der Waals surface area contributed by atoms with Gasteiger partial charge in [-0.3, -0.25) is 0 Å². The highest BCUT2D eigenvalue weighted by atomic mass is 16.5. The van der Waals surface area contributed by atoms with Crippen molar-refractivity contribution >= 4 is 5.97 Å². The second-order valence-corrected chi connectivity index (χ2v) is 3.59. The van der Waals surface area contributed by atoms with Crippen LogP contribution in [0.15, 0.2) is 36.9 Å². The lowest BCUT2D eigenvalue weighted by molar-refractivity contribution is 0.0600. The summed E-state index contributed by atoms with van der Waals surface area (Å²) in [6.07, 6.45) is 3.60. The number of methoxy groups -OCH3 is 1. The van der Waals surface area contributed by atoms with Gasteiger partial charge in [-0.1, -0.05) is 18.2 Å². The maximum absolute atomic E-state index is 11.2. The van der Waals surface area contributed by atoms with E-state index in [-0.39, 0.29) is 12.0 Å². The van der Waals surface area contributed by atoms with Gasteiger partial charge < -0.3 is 10.5 Å². The Kier molecular flexibility index (Phi) is 4.73. The minimum atomic E-state index is -0.328. The minimum absolute atomic E-state index is 0.00954. The maximum Gasteiger partial charge on any atom is 0.337 e. The van der Waals surface area contributed by atoms with Crippen LogP contribution >= 0.6 is 0 Å². The summed E-state index contributed by atoms with van der Waals surface area (Å²) in [6.45, 7) is 3.66. The molecule has 0 fully saturated rings. The molecule has 0 aliphatic heterocycles. The standard InChI is InChI=1S/C13H17NO2/c1-3-4-5-12(14)10-6-8-11(9-7-10)13(15)16-2/h3,6-9,12H,1,4-5,14H2,2H3/t12-/m0/s1. The van der Waals surface area contributed by atoms with Crippen molar-refractivity contribution in [1.29, 1.82) is 0 Å². The van der Waals surface area contributed by atoms with Gasteiger partial charge in [-0.15, -0.1) is 6.58 Å². The van der Waals surface area contributed by atoms with Gasteiger partial charge in [-0.2, -0.15) is 0 Å². The Morgan fingerprint density at radius 2 is 2.12 bits per heavy atom. The second-order valence-electron chi connectivity index (χ2n) is 3.59. The van der Waals surface area contributed by atoms with Crippen LogP contribution in [0.2, 0.25) is 0 Å². The van der Waals surface area contributed by atoms with Gasteiger partial charge in [0, 0.05) is 6.04 Å². The molecule has 1 atom stereocenters. The normalized spacial score (nSPS) is 11.9. The number of carbonyl (C=O) groups excluding carboxylic acids is 1. The lowest BCUT2D eigenvalue weighted by atomic mass is 10.0. The summed E-state index contributed by atoms with van der Waals surface area (Å²) in [5.41, 5.74) is 7.54. The lowest BCUT2D eigenvalue weighted by Gasteiger charge is -2.10. The SMILES string of the molecule is C=CCC[C@H](N)c1ccc(C(=O)OC)cc1. The second kappa shape index (κ2) is 6.08. The van der Waals surface area contributed by atoms with Crippen molar-refractivity contribution in [2.75, 3.05) is 7.11 Å². The molecular formula is C13H17NO2. The van der Waals surface area contributed by atoms with Gasteiger partial charge in [0.2, 0.25) is 0 Å². The lowest BCUT2D eigenvalue weighted by Crippen LogP contribution is -2.10. The molecule has 0 amide bonds. The Morgan fingerprint density at radius 3 is 2.62 bits per heavy atom. The third-order valence-electron chi connectivity index (χ3n) is 2.44. The molecule has 0 bridgehead atoms. The fourth-order valence-corrected chi connectivity index (χ4v) is 1.45. The van der Waals surface area contributed by atoms with E-state index in [9.17, 15) is 4.79 Å². The largest absolute Gasteiger partial charge is 0.465 e. The monoisotopic (exact) mass is 219 g/mol. The molecule has 3 heteroatoms. The van der Waals surface area contributed by atoms with E-state index in [4.69, 9.17) is 5.73 Å². The molecule has 1 rings (SSSR count). The van der Waals surface area contributed by atoms with E-state index in [0.717, 1.165) is 18.4 Å². The number of allylic oxidation sites excluding steroid dienone is 1. The summed E-state index contributed by atoms with van der Waals surface area (Å²) in [6, 6.07) is 7.17. The average Bonchev–Trinajstić information content (AvgIpc) is 2.35. The Hall–Kier alpha value is -1.61. The van der Waals surface area contributed by atoms with Crippen LogP contribution in [-0.2, 0) is 4.74 Å². The van der Waals surface area contributed by atoms with Crippen LogP contribution in [-0.4, -0.2) is 13.1 Å². The first-order valence-electron chi connectivity index (χ1n) is 5.23. The van der Waals surface area contributed by atoms with Gasteiger partial charge >= 0.3 is 5.97 Å². The van der Waals surface area contributed by atoms with Crippen molar-refractivity contribution in [2.24, 2.45) is 5.73 Å². The number of hydrogen-bond donors (Lipinski definition) is 1. The van der Waals surface area contributed by atoms with E-state index in [2.05, 4.69) is 11.3 Å². The van der Waals surface area contributed by atoms with Gasteiger partial charge in [0.05, 0.1) is 12.7 Å². The summed E-state index contributed by atoms with van der Waals surface area (Å²) in [7, 11) is 1.37. The Morgan fingerprint density at radius 1 is 1.50 bits per heavy atom. The first kappa shape index (κ1) is 12.5. The van der Waals surface area contributed by atoms with Crippen LogP contribution in [0.4, 0.5) is 0 Å². The van der Waals surface area contributed by atoms with Crippen molar-refractivity contribution in [3.63, 3.8) is 0 Å². The van der Waals surface area contributed by atoms with Crippen molar-refractivity contribution in [3.05, 3.63) is 48.0 Å². The Balaban J connectivity index is 2.70. The number of nitrogens with two attached hydrogens (primary N) is 1. The highest BCUT2D eigenvalue weighted by Gasteiger charge is 2.08. The quantitative estimate of drug-likeness (QED) is 0.611. The Labute approximate surface area is 95.9 Å². The van der Waals surface area contributed by atoms with Gasteiger partial charge in [-0.25, -0.2) is 4.79 Å². The van der Waals surface area contributed by atoms with Gasteiger partial charge in [0.25, 0.3) is 0 Å². The molecule has 0 heterocycles. The summed E-state index contributed by atoms with van der Waals surface area (Å²) in [5, 5.41) is 0. The summed E-state index contributed by atoms with van der Waals surface area (Å²) < 4.78 is 4.62. The number of ether oxygens (including phenoxy) is 1. The van der Waals surface area contributed by atoms with E-state index >= 15 is 0 Å². The molecule has 86 valence electrons. The van der Waals surface area contributed by atoms with E-state index in [1.165, 1.54) is 7.11 Å². The highest BCUT2D eigenvalue weighted by molar-refractivity contribution is 5.89. The van der Waals surface area contributed by atoms with Crippen LogP contribution in [0, 0.1) is 0 Å². The van der Waals surface area contributed by atoms with Crippen LogP contribution in [0.1, 0.15) is 34.8 Å². The number of esters is 1. The number of hydrogen-bond acceptors (Lipinski definition) is 3. The number of carbonyl (C=O) groups is 1. The van der Waals surface area contributed by atoms with Crippen LogP contribution in [0.3, 0.4) is 0 Å². The van der Waals surface area contributed by atoms with E-state index in [1.54, 1.807) is 12.1 Å². The smallest absolute Gasteiger partial charge is 0.337 e. The van der Waals surface area contributed by atoms with Gasteiger partial charge in [-0.05, 0) is 30.5 Å². The zero-order valence-electron chi connectivity index (χ0n) is 9.48. The van der Waals surface area contributed by atoms with E-state index in [0.29, 0.717) is 5.56 Å². The molecule has 1 aromatic rings. The van der Waals surface area contributed by atoms with E-state index in [1.807, 2.05) is 18.2 Å². The first-order chi connectivity index (χ1) is 7.69. The molecule has 1 aromatic carbocycles. The number of rotatable bonds is 5. The molecule has 0 spiro atoms. The number of benzene rings is 1. The average molecular weight is 219 g/mol. The summed E-state index contributed by atoms with van der Waals surface area (Å²) >= 11 is 0. The maximum atomic E-state index is 11.2. The van der Waals surface area contributed by atoms with Gasteiger partial charge in [0.1, 0.15) is 0 Å². The molecular weight excluding hydrogens is 202 g/mol. The van der Waals surface area contributed by atoms with Crippen molar-refractivity contribution < 1.29 is 9.53 Å². The topological polar surface area (TPSA) is 52.3 Å². The molecule has 0 aliphatic rings. The summed E-state index contributed by atoms with van der Waals surface area (Å²) in [4.78, 5) is 11.2. The molecule has 16 heavy (non-hydrogen) atoms. The van der Waals surface area contributed by atoms with Crippen LogP contribution in [0.5, 0.6) is 0 Å². The van der Waals surface area contributed by atoms with E-state index < -0.39 is 0 Å². The predicted molar refractivity (Wildman–Crippen MR) is 64.1 cm³/mol. The molecule has 2 N–H and O–H groups in total. The molecule has 0 radical (unpaired) electrons. The molecule has 0 aromatic heterocycles. The molecule has 0 unspecified atom stereocenters. The molecule has 0 aliphatic carbocycles. The van der Waals surface area contributed by atoms with Gasteiger partial charge in [0.15, 0.2) is 0 Å². The Bertz CT molecular complexity index is 357. The third-order valence-corrected chi connectivity index (χ3v) is 2.44. The zero-order valence-corrected chi connectivity index (χ0v) is 9.48. The minimum Gasteiger partial charge on any atom is -0.465 e.